The molecule has 4 nitrogen and oxygen atoms in total. The fourth-order valence-corrected chi connectivity index (χ4v) is 4.42. The van der Waals surface area contributed by atoms with E-state index in [0.29, 0.717) is 17.0 Å². The maximum atomic E-state index is 12.7. The average molecular weight is 359 g/mol. The van der Waals surface area contributed by atoms with Gasteiger partial charge in [0.25, 0.3) is 5.91 Å². The van der Waals surface area contributed by atoms with Crippen molar-refractivity contribution in [2.75, 3.05) is 0 Å². The number of amides is 1. The Kier molecular flexibility index (Phi) is 4.06. The first-order valence-electron chi connectivity index (χ1n) is 8.40. The molecule has 2 aromatic carbocycles. The van der Waals surface area contributed by atoms with Gasteiger partial charge < -0.3 is 5.32 Å². The number of nitrogens with one attached hydrogen (secondary N) is 1. The van der Waals surface area contributed by atoms with Gasteiger partial charge in [0.1, 0.15) is 0 Å². The molecule has 0 saturated carbocycles. The van der Waals surface area contributed by atoms with E-state index in [1.54, 1.807) is 11.6 Å². The molecule has 128 valence electrons. The van der Waals surface area contributed by atoms with Crippen molar-refractivity contribution in [2.45, 2.75) is 24.8 Å². The second-order valence-corrected chi connectivity index (χ2v) is 7.65. The van der Waals surface area contributed by atoms with Crippen LogP contribution in [0, 0.1) is 11.3 Å². The van der Waals surface area contributed by atoms with Gasteiger partial charge in [-0.05, 0) is 42.2 Å². The molecule has 1 aliphatic rings. The predicted octanol–water partition coefficient (Wildman–Crippen LogP) is 3.89. The van der Waals surface area contributed by atoms with Crippen LogP contribution in [0.25, 0.3) is 0 Å². The molecule has 1 N–H and O–H groups in total. The van der Waals surface area contributed by atoms with Gasteiger partial charge in [-0.25, -0.2) is 4.98 Å². The van der Waals surface area contributed by atoms with Crippen LogP contribution in [0.5, 0.6) is 0 Å². The van der Waals surface area contributed by atoms with Crippen LogP contribution >= 0.6 is 11.3 Å². The summed E-state index contributed by atoms with van der Waals surface area (Å²) < 4.78 is 0. The van der Waals surface area contributed by atoms with Gasteiger partial charge in [-0.3, -0.25) is 4.79 Å². The molecule has 0 aliphatic heterocycles. The van der Waals surface area contributed by atoms with Gasteiger partial charge in [0.2, 0.25) is 0 Å². The zero-order valence-corrected chi connectivity index (χ0v) is 15.1. The van der Waals surface area contributed by atoms with Crippen molar-refractivity contribution in [3.63, 3.8) is 0 Å². The Labute approximate surface area is 156 Å². The minimum atomic E-state index is -0.486. The van der Waals surface area contributed by atoms with E-state index in [-0.39, 0.29) is 11.8 Å². The highest BCUT2D eigenvalue weighted by atomic mass is 32.1. The smallest absolute Gasteiger partial charge is 0.280 e. The molecule has 2 atom stereocenters. The summed E-state index contributed by atoms with van der Waals surface area (Å²) in [4.78, 5) is 16.8. The number of hydrogen-bond acceptors (Lipinski definition) is 4. The molecule has 5 heteroatoms. The highest BCUT2D eigenvalue weighted by Crippen LogP contribution is 2.45. The summed E-state index contributed by atoms with van der Waals surface area (Å²) in [5.74, 6) is -0.173. The lowest BCUT2D eigenvalue weighted by atomic mass is 9.80. The van der Waals surface area contributed by atoms with Gasteiger partial charge in [0, 0.05) is 17.5 Å². The quantitative estimate of drug-likeness (QED) is 0.771. The first-order chi connectivity index (χ1) is 12.6. The van der Waals surface area contributed by atoms with Crippen molar-refractivity contribution in [3.05, 3.63) is 87.4 Å². The topological polar surface area (TPSA) is 65.8 Å². The predicted molar refractivity (Wildman–Crippen MR) is 101 cm³/mol. The number of carbonyl (C=O) groups excluding carboxylic acids is 1. The third kappa shape index (κ3) is 2.79. The molecule has 0 saturated heterocycles. The van der Waals surface area contributed by atoms with Crippen LogP contribution in [-0.2, 0) is 6.42 Å². The van der Waals surface area contributed by atoms with Gasteiger partial charge in [-0.2, -0.15) is 5.26 Å². The van der Waals surface area contributed by atoms with Crippen molar-refractivity contribution in [2.24, 2.45) is 0 Å². The van der Waals surface area contributed by atoms with Crippen LogP contribution in [0.15, 0.2) is 60.1 Å². The highest BCUT2D eigenvalue weighted by Gasteiger charge is 2.44. The standard InChI is InChI=1S/C21H17N3OS/c1-21(24-19(25)20-23-9-10-26-20)12-16-8-7-14(13-22)11-17(16)18(21)15-5-3-2-4-6-15/h2-11,18H,12H2,1H3,(H,24,25)/t18-,21+/m0/s1. The maximum Gasteiger partial charge on any atom is 0.280 e. The van der Waals surface area contributed by atoms with E-state index < -0.39 is 5.54 Å². The summed E-state index contributed by atoms with van der Waals surface area (Å²) in [7, 11) is 0. The number of nitriles is 1. The number of benzene rings is 2. The van der Waals surface area contributed by atoms with E-state index >= 15 is 0 Å². The third-order valence-electron chi connectivity index (χ3n) is 4.94. The molecule has 0 fully saturated rings. The molecule has 1 amide bonds. The van der Waals surface area contributed by atoms with Crippen molar-refractivity contribution in [3.8, 4) is 6.07 Å². The normalized spacial score (nSPS) is 21.0. The molecule has 0 radical (unpaired) electrons. The molecule has 1 aliphatic carbocycles. The number of hydrogen-bond donors (Lipinski definition) is 1. The second kappa shape index (κ2) is 6.40. The number of nitrogens with zero attached hydrogens (tertiary/aromatic N) is 2. The molecular formula is C21H17N3OS. The van der Waals surface area contributed by atoms with Gasteiger partial charge in [-0.15, -0.1) is 11.3 Å². The summed E-state index contributed by atoms with van der Waals surface area (Å²) in [6, 6.07) is 18.2. The molecular weight excluding hydrogens is 342 g/mol. The number of fused-ring (bicyclic) bond motifs is 1. The van der Waals surface area contributed by atoms with Crippen molar-refractivity contribution < 1.29 is 4.79 Å². The number of carbonyl (C=O) groups is 1. The first kappa shape index (κ1) is 16.5. The Balaban J connectivity index is 1.78. The monoisotopic (exact) mass is 359 g/mol. The molecule has 0 spiro atoms. The van der Waals surface area contributed by atoms with Crippen LogP contribution in [0.4, 0.5) is 0 Å². The minimum absolute atomic E-state index is 0.0177. The number of thiazole rings is 1. The molecule has 1 aromatic heterocycles. The maximum absolute atomic E-state index is 12.7. The Morgan fingerprint density at radius 2 is 2.12 bits per heavy atom. The van der Waals surface area contributed by atoms with Crippen LogP contribution < -0.4 is 5.32 Å². The molecule has 3 aromatic rings. The van der Waals surface area contributed by atoms with E-state index in [1.165, 1.54) is 16.9 Å². The van der Waals surface area contributed by atoms with Gasteiger partial charge in [0.05, 0.1) is 17.2 Å². The van der Waals surface area contributed by atoms with E-state index in [2.05, 4.69) is 35.4 Å². The van der Waals surface area contributed by atoms with Gasteiger partial charge in [-0.1, -0.05) is 36.4 Å². The van der Waals surface area contributed by atoms with Crippen molar-refractivity contribution in [1.82, 2.24) is 10.3 Å². The number of rotatable bonds is 3. The van der Waals surface area contributed by atoms with E-state index in [9.17, 15) is 10.1 Å². The third-order valence-corrected chi connectivity index (χ3v) is 5.71. The lowest BCUT2D eigenvalue weighted by Gasteiger charge is -2.33. The van der Waals surface area contributed by atoms with Gasteiger partial charge >= 0.3 is 0 Å². The van der Waals surface area contributed by atoms with Gasteiger partial charge in [0.15, 0.2) is 5.01 Å². The fraction of sp³-hybridized carbons (Fsp3) is 0.190. The Morgan fingerprint density at radius 3 is 2.81 bits per heavy atom. The van der Waals surface area contributed by atoms with E-state index in [0.717, 1.165) is 11.1 Å². The van der Waals surface area contributed by atoms with E-state index in [1.807, 2.05) is 36.4 Å². The van der Waals surface area contributed by atoms with Crippen LogP contribution in [0.3, 0.4) is 0 Å². The SMILES string of the molecule is C[C@@]1(NC(=O)c2nccs2)Cc2ccc(C#N)cc2[C@@H]1c1ccccc1. The summed E-state index contributed by atoms with van der Waals surface area (Å²) in [6.07, 6.45) is 2.35. The molecule has 0 unspecified atom stereocenters. The second-order valence-electron chi connectivity index (χ2n) is 6.75. The largest absolute Gasteiger partial charge is 0.344 e. The Hall–Kier alpha value is -2.97. The number of aromatic nitrogens is 1. The summed E-state index contributed by atoms with van der Waals surface area (Å²) in [5, 5.41) is 14.8. The molecule has 1 heterocycles. The molecule has 4 rings (SSSR count). The molecule has 26 heavy (non-hydrogen) atoms. The molecule has 0 bridgehead atoms. The summed E-state index contributed by atoms with van der Waals surface area (Å²) >= 11 is 1.33. The van der Waals surface area contributed by atoms with Crippen molar-refractivity contribution >= 4 is 17.2 Å². The minimum Gasteiger partial charge on any atom is -0.344 e. The Bertz CT molecular complexity index is 992. The lowest BCUT2D eigenvalue weighted by Crippen LogP contribution is -2.49. The lowest BCUT2D eigenvalue weighted by molar-refractivity contribution is 0.0902. The average Bonchev–Trinajstić information content (AvgIpc) is 3.27. The zero-order valence-electron chi connectivity index (χ0n) is 14.3. The van der Waals surface area contributed by atoms with E-state index in [4.69, 9.17) is 0 Å². The van der Waals surface area contributed by atoms with Crippen LogP contribution in [0.1, 0.15) is 44.9 Å². The zero-order chi connectivity index (χ0) is 18.1. The summed E-state index contributed by atoms with van der Waals surface area (Å²) in [6.45, 7) is 2.07. The highest BCUT2D eigenvalue weighted by molar-refractivity contribution is 7.11. The van der Waals surface area contributed by atoms with Crippen LogP contribution in [-0.4, -0.2) is 16.4 Å². The fourth-order valence-electron chi connectivity index (χ4n) is 3.89. The first-order valence-corrected chi connectivity index (χ1v) is 9.28. The Morgan fingerprint density at radius 1 is 1.31 bits per heavy atom. The van der Waals surface area contributed by atoms with Crippen LogP contribution in [0.2, 0.25) is 0 Å². The summed E-state index contributed by atoms with van der Waals surface area (Å²) in [5.41, 5.74) is 3.56. The van der Waals surface area contributed by atoms with Crippen molar-refractivity contribution in [1.29, 1.82) is 5.26 Å².